The lowest BCUT2D eigenvalue weighted by molar-refractivity contribution is -0.137. The van der Waals surface area contributed by atoms with Gasteiger partial charge in [0.1, 0.15) is 6.61 Å². The highest BCUT2D eigenvalue weighted by Crippen LogP contribution is 2.55. The third-order valence-electron chi connectivity index (χ3n) is 8.15. The Morgan fingerprint density at radius 1 is 1.24 bits per heavy atom. The van der Waals surface area contributed by atoms with E-state index in [1.165, 1.54) is 12.8 Å². The molecule has 0 saturated heterocycles. The van der Waals surface area contributed by atoms with Gasteiger partial charge in [0.05, 0.1) is 23.4 Å². The van der Waals surface area contributed by atoms with Gasteiger partial charge >= 0.3 is 5.97 Å². The lowest BCUT2D eigenvalue weighted by Gasteiger charge is -2.32. The van der Waals surface area contributed by atoms with E-state index in [4.69, 9.17) is 9.47 Å². The zero-order chi connectivity index (χ0) is 26.7. The highest BCUT2D eigenvalue weighted by molar-refractivity contribution is 5.76. The fraction of sp³-hybridized carbons (Fsp3) is 0.679. The van der Waals surface area contributed by atoms with Crippen LogP contribution in [0.4, 0.5) is 17.3 Å². The molecule has 37 heavy (non-hydrogen) atoms. The fourth-order valence-electron chi connectivity index (χ4n) is 5.97. The SMILES string of the molecule is COCc1nc(Nc2cc([C@H](C)CC(=O)O)ccc2N(CC(C)C)[C@H]2C3CC[C@@](C)(OC)CC[C@H]32)n[nH]1. The van der Waals surface area contributed by atoms with Gasteiger partial charge in [-0.1, -0.05) is 26.8 Å². The Hall–Kier alpha value is -2.65. The second-order valence-electron chi connectivity index (χ2n) is 11.5. The molecule has 0 spiro atoms. The number of fused-ring (bicyclic) bond motifs is 1. The number of anilines is 3. The first kappa shape index (κ1) is 27.4. The minimum Gasteiger partial charge on any atom is -0.481 e. The smallest absolute Gasteiger partial charge is 0.303 e. The van der Waals surface area contributed by atoms with Crippen LogP contribution in [-0.4, -0.2) is 58.7 Å². The van der Waals surface area contributed by atoms with E-state index < -0.39 is 5.97 Å². The number of ether oxygens (including phenoxy) is 2. The normalized spacial score (nSPS) is 25.9. The Morgan fingerprint density at radius 2 is 1.95 bits per heavy atom. The third-order valence-corrected chi connectivity index (χ3v) is 8.15. The maximum atomic E-state index is 11.4. The summed E-state index contributed by atoms with van der Waals surface area (Å²) < 4.78 is 11.0. The van der Waals surface area contributed by atoms with Crippen molar-refractivity contribution in [1.29, 1.82) is 0 Å². The Labute approximate surface area is 220 Å². The standard InChI is InChI=1S/C28H43N5O4/c1-17(2)15-33(26-20-9-11-28(4,37-6)12-10-21(20)26)23-8-7-19(18(3)13-25(34)35)14-22(23)29-27-30-24(16-36-5)31-32-27/h7-8,14,17-18,20-21,26H,9-13,15-16H2,1-6H3,(H,34,35)(H2,29,30,31,32)/t18-,20-,21?,26-,28+/m1/s1. The monoisotopic (exact) mass is 513 g/mol. The summed E-state index contributed by atoms with van der Waals surface area (Å²) in [4.78, 5) is 18.5. The number of methoxy groups -OCH3 is 2. The average Bonchev–Trinajstić information content (AvgIpc) is 3.42. The zero-order valence-electron chi connectivity index (χ0n) is 23.1. The first-order chi connectivity index (χ1) is 17.6. The highest BCUT2D eigenvalue weighted by Gasteiger charge is 2.55. The van der Waals surface area contributed by atoms with Crippen molar-refractivity contribution in [1.82, 2.24) is 15.2 Å². The molecule has 1 unspecified atom stereocenters. The van der Waals surface area contributed by atoms with Crippen molar-refractivity contribution in [2.75, 3.05) is 31.0 Å². The highest BCUT2D eigenvalue weighted by atomic mass is 16.5. The van der Waals surface area contributed by atoms with Gasteiger partial charge in [0.15, 0.2) is 5.82 Å². The number of nitrogens with one attached hydrogen (secondary N) is 2. The molecule has 2 fully saturated rings. The molecule has 2 aromatic rings. The summed E-state index contributed by atoms with van der Waals surface area (Å²) in [6.07, 6.45) is 4.61. The Bertz CT molecular complexity index is 1060. The largest absolute Gasteiger partial charge is 0.481 e. The van der Waals surface area contributed by atoms with Crippen LogP contribution in [-0.2, 0) is 20.9 Å². The lowest BCUT2D eigenvalue weighted by Crippen LogP contribution is -2.34. The van der Waals surface area contributed by atoms with Gasteiger partial charge in [-0.2, -0.15) is 4.98 Å². The van der Waals surface area contributed by atoms with Crippen molar-refractivity contribution in [2.45, 2.75) is 84.0 Å². The van der Waals surface area contributed by atoms with Crippen LogP contribution in [0.5, 0.6) is 0 Å². The predicted octanol–water partition coefficient (Wildman–Crippen LogP) is 5.33. The van der Waals surface area contributed by atoms with Crippen molar-refractivity contribution in [2.24, 2.45) is 17.8 Å². The molecule has 0 bridgehead atoms. The molecule has 9 nitrogen and oxygen atoms in total. The van der Waals surface area contributed by atoms with Crippen LogP contribution in [0.15, 0.2) is 18.2 Å². The van der Waals surface area contributed by atoms with Crippen LogP contribution in [0.1, 0.15) is 77.1 Å². The second kappa shape index (κ2) is 11.4. The number of aliphatic carboxylic acids is 1. The fourth-order valence-corrected chi connectivity index (χ4v) is 5.97. The molecule has 1 aromatic carbocycles. The van der Waals surface area contributed by atoms with Gasteiger partial charge in [-0.05, 0) is 74.0 Å². The maximum absolute atomic E-state index is 11.4. The molecule has 9 heteroatoms. The van der Waals surface area contributed by atoms with Crippen LogP contribution in [0.2, 0.25) is 0 Å². The van der Waals surface area contributed by atoms with Crippen LogP contribution < -0.4 is 10.2 Å². The van der Waals surface area contributed by atoms with Gasteiger partial charge < -0.3 is 24.8 Å². The van der Waals surface area contributed by atoms with E-state index in [0.29, 0.717) is 42.2 Å². The average molecular weight is 514 g/mol. The summed E-state index contributed by atoms with van der Waals surface area (Å²) in [5, 5.41) is 20.0. The van der Waals surface area contributed by atoms with Gasteiger partial charge in [0, 0.05) is 26.8 Å². The van der Waals surface area contributed by atoms with Crippen LogP contribution in [0.3, 0.4) is 0 Å². The van der Waals surface area contributed by atoms with Gasteiger partial charge in [-0.15, -0.1) is 5.10 Å². The zero-order valence-corrected chi connectivity index (χ0v) is 23.1. The van der Waals surface area contributed by atoms with Crippen molar-refractivity contribution in [3.8, 4) is 0 Å². The van der Waals surface area contributed by atoms with Crippen LogP contribution in [0.25, 0.3) is 0 Å². The summed E-state index contributed by atoms with van der Waals surface area (Å²) in [7, 11) is 3.46. The van der Waals surface area contributed by atoms with Gasteiger partial charge in [0.2, 0.25) is 5.95 Å². The van der Waals surface area contributed by atoms with E-state index in [9.17, 15) is 9.90 Å². The minimum absolute atomic E-state index is 0.0129. The molecule has 2 aliphatic rings. The van der Waals surface area contributed by atoms with Crippen molar-refractivity contribution >= 4 is 23.3 Å². The predicted molar refractivity (Wildman–Crippen MR) is 144 cm³/mol. The minimum atomic E-state index is -0.799. The number of carbonyl (C=O) groups is 1. The molecule has 4 rings (SSSR count). The van der Waals surface area contributed by atoms with Crippen molar-refractivity contribution in [3.63, 3.8) is 0 Å². The summed E-state index contributed by atoms with van der Waals surface area (Å²) >= 11 is 0. The lowest BCUT2D eigenvalue weighted by atomic mass is 9.94. The van der Waals surface area contributed by atoms with Crippen molar-refractivity contribution in [3.05, 3.63) is 29.6 Å². The first-order valence-electron chi connectivity index (χ1n) is 13.5. The van der Waals surface area contributed by atoms with E-state index >= 15 is 0 Å². The quantitative estimate of drug-likeness (QED) is 0.349. The molecule has 2 aliphatic carbocycles. The number of rotatable bonds is 12. The van der Waals surface area contributed by atoms with E-state index in [1.54, 1.807) is 7.11 Å². The van der Waals surface area contributed by atoms with E-state index in [-0.39, 0.29) is 17.9 Å². The van der Waals surface area contributed by atoms with E-state index in [0.717, 1.165) is 36.3 Å². The number of nitrogens with zero attached hydrogens (tertiary/aromatic N) is 3. The molecule has 2 saturated carbocycles. The number of aromatic nitrogens is 3. The Kier molecular flexibility index (Phi) is 8.43. The molecule has 0 radical (unpaired) electrons. The Morgan fingerprint density at radius 3 is 2.54 bits per heavy atom. The maximum Gasteiger partial charge on any atom is 0.303 e. The summed E-state index contributed by atoms with van der Waals surface area (Å²) in [6.45, 7) is 10.0. The first-order valence-corrected chi connectivity index (χ1v) is 13.5. The molecule has 0 amide bonds. The molecule has 1 aromatic heterocycles. The summed E-state index contributed by atoms with van der Waals surface area (Å²) in [5.74, 6) is 2.02. The molecule has 1 heterocycles. The number of aromatic amines is 1. The number of hydrogen-bond donors (Lipinski definition) is 3. The van der Waals surface area contributed by atoms with E-state index in [1.807, 2.05) is 14.0 Å². The molecule has 204 valence electrons. The molecule has 0 aliphatic heterocycles. The summed E-state index contributed by atoms with van der Waals surface area (Å²) in [6, 6.07) is 6.79. The second-order valence-corrected chi connectivity index (χ2v) is 11.5. The number of hydrogen-bond acceptors (Lipinski definition) is 7. The molecular formula is C28H43N5O4. The topological polar surface area (TPSA) is 113 Å². The molecular weight excluding hydrogens is 470 g/mol. The van der Waals surface area contributed by atoms with E-state index in [2.05, 4.69) is 64.4 Å². The number of carboxylic acid groups (broad SMARTS) is 1. The summed E-state index contributed by atoms with van der Waals surface area (Å²) in [5.41, 5.74) is 2.99. The number of benzene rings is 1. The number of carboxylic acids is 1. The number of H-pyrrole nitrogens is 1. The molecule has 3 N–H and O–H groups in total. The Balaban J connectivity index is 1.66. The van der Waals surface area contributed by atoms with Crippen molar-refractivity contribution < 1.29 is 19.4 Å². The van der Waals surface area contributed by atoms with Gasteiger partial charge in [-0.25, -0.2) is 0 Å². The molecule has 5 atom stereocenters. The van der Waals surface area contributed by atoms with Gasteiger partial charge in [-0.3, -0.25) is 9.89 Å². The third kappa shape index (κ3) is 6.44. The van der Waals surface area contributed by atoms with Crippen LogP contribution in [0, 0.1) is 17.8 Å². The van der Waals surface area contributed by atoms with Crippen LogP contribution >= 0.6 is 0 Å². The van der Waals surface area contributed by atoms with Gasteiger partial charge in [0.25, 0.3) is 0 Å².